The number of carbonyl (C=O) groups excluding carboxylic acids is 4. The van der Waals surface area contributed by atoms with Crippen molar-refractivity contribution in [1.82, 2.24) is 0 Å². The lowest BCUT2D eigenvalue weighted by Gasteiger charge is -2.64. The van der Waals surface area contributed by atoms with Gasteiger partial charge < -0.3 is 25.2 Å². The number of ketones is 3. The summed E-state index contributed by atoms with van der Waals surface area (Å²) >= 11 is 0. The van der Waals surface area contributed by atoms with E-state index in [0.29, 0.717) is 6.42 Å². The lowest BCUT2D eigenvalue weighted by Crippen LogP contribution is -2.67. The molecule has 0 saturated heterocycles. The smallest absolute Gasteiger partial charge is 0.303 e. The summed E-state index contributed by atoms with van der Waals surface area (Å²) in [5, 5.41) is 45.0. The molecule has 3 fully saturated rings. The average Bonchev–Trinajstić information content (AvgIpc) is 3.05. The van der Waals surface area contributed by atoms with Crippen LogP contribution in [0.1, 0.15) is 81.1 Å². The molecule has 9 nitrogen and oxygen atoms in total. The molecule has 41 heavy (non-hydrogen) atoms. The number of esters is 1. The van der Waals surface area contributed by atoms with Crippen LogP contribution in [-0.2, 0) is 23.9 Å². The van der Waals surface area contributed by atoms with Gasteiger partial charge in [-0.1, -0.05) is 39.3 Å². The fourth-order valence-corrected chi connectivity index (χ4v) is 9.43. The first-order valence-corrected chi connectivity index (χ1v) is 14.5. The van der Waals surface area contributed by atoms with Gasteiger partial charge in [0.05, 0.1) is 18.1 Å². The molecule has 4 aliphatic rings. The van der Waals surface area contributed by atoms with Crippen LogP contribution in [-0.4, -0.2) is 73.8 Å². The van der Waals surface area contributed by atoms with Crippen molar-refractivity contribution in [1.29, 1.82) is 0 Å². The molecule has 0 heterocycles. The Labute approximate surface area is 242 Å². The predicted molar refractivity (Wildman–Crippen MR) is 149 cm³/mol. The van der Waals surface area contributed by atoms with E-state index in [9.17, 15) is 39.6 Å². The number of Topliss-reactive ketones (excluding diaryl/α,β-unsaturated/α-hetero) is 2. The molecule has 228 valence electrons. The first-order chi connectivity index (χ1) is 18.6. The van der Waals surface area contributed by atoms with Gasteiger partial charge in [0.2, 0.25) is 0 Å². The summed E-state index contributed by atoms with van der Waals surface area (Å²) in [4.78, 5) is 52.2. The van der Waals surface area contributed by atoms with Gasteiger partial charge in [-0.3, -0.25) is 19.2 Å². The van der Waals surface area contributed by atoms with Crippen molar-refractivity contribution in [2.24, 2.45) is 39.4 Å². The highest BCUT2D eigenvalue weighted by Crippen LogP contribution is 2.74. The second-order valence-electron chi connectivity index (χ2n) is 14.7. The largest absolute Gasteiger partial charge is 0.456 e. The van der Waals surface area contributed by atoms with E-state index in [1.807, 2.05) is 19.9 Å². The van der Waals surface area contributed by atoms with E-state index in [4.69, 9.17) is 4.74 Å². The molecule has 3 saturated carbocycles. The Morgan fingerprint density at radius 1 is 1.10 bits per heavy atom. The van der Waals surface area contributed by atoms with Crippen LogP contribution in [0.2, 0.25) is 0 Å². The fourth-order valence-electron chi connectivity index (χ4n) is 9.43. The van der Waals surface area contributed by atoms with Crippen LogP contribution in [0.4, 0.5) is 0 Å². The summed E-state index contributed by atoms with van der Waals surface area (Å²) in [5.74, 6) is -3.89. The van der Waals surface area contributed by atoms with Crippen molar-refractivity contribution in [2.45, 2.75) is 104 Å². The zero-order valence-electron chi connectivity index (χ0n) is 25.5. The van der Waals surface area contributed by atoms with E-state index in [1.54, 1.807) is 27.7 Å². The molecule has 0 bridgehead atoms. The number of allylic oxidation sites excluding steroid dienone is 1. The van der Waals surface area contributed by atoms with Crippen LogP contribution in [0.15, 0.2) is 23.8 Å². The molecule has 0 aromatic rings. The minimum atomic E-state index is -2.06. The Balaban J connectivity index is 1.78. The predicted octanol–water partition coefficient (Wildman–Crippen LogP) is 2.47. The highest BCUT2D eigenvalue weighted by Gasteiger charge is 2.75. The van der Waals surface area contributed by atoms with Crippen LogP contribution in [0.3, 0.4) is 0 Å². The van der Waals surface area contributed by atoms with E-state index in [2.05, 4.69) is 0 Å². The number of hydrogen-bond donors (Lipinski definition) is 4. The molecule has 9 heteroatoms. The van der Waals surface area contributed by atoms with Gasteiger partial charge in [0, 0.05) is 37.0 Å². The van der Waals surface area contributed by atoms with Crippen LogP contribution in [0.25, 0.3) is 0 Å². The molecule has 0 unspecified atom stereocenters. The Morgan fingerprint density at radius 2 is 1.71 bits per heavy atom. The van der Waals surface area contributed by atoms with Gasteiger partial charge in [0.1, 0.15) is 23.1 Å². The van der Waals surface area contributed by atoms with E-state index < -0.39 is 81.2 Å². The lowest BCUT2D eigenvalue weighted by atomic mass is 9.38. The zero-order valence-corrected chi connectivity index (χ0v) is 25.5. The van der Waals surface area contributed by atoms with Gasteiger partial charge in [0.25, 0.3) is 0 Å². The van der Waals surface area contributed by atoms with Crippen molar-refractivity contribution in [3.8, 4) is 0 Å². The fraction of sp³-hybridized carbons (Fsp3) is 0.750. The van der Waals surface area contributed by atoms with Crippen LogP contribution in [0.5, 0.6) is 0 Å². The number of rotatable bonds is 6. The first kappa shape index (κ1) is 31.7. The maximum Gasteiger partial charge on any atom is 0.303 e. The Hall–Kier alpha value is -2.20. The zero-order chi connectivity index (χ0) is 31.1. The van der Waals surface area contributed by atoms with E-state index >= 15 is 0 Å². The quantitative estimate of drug-likeness (QED) is 0.212. The van der Waals surface area contributed by atoms with Gasteiger partial charge in [-0.15, -0.1) is 0 Å². The Kier molecular flexibility index (Phi) is 7.47. The van der Waals surface area contributed by atoms with Crippen molar-refractivity contribution >= 4 is 23.3 Å². The SMILES string of the molecule is CC(=O)OC(C)(C)C=CC(=O)[C@](C)(O)[C@H]1[C@H](O)C[C@@]2(C)[C@@H]3CC=C4[C@@H](CC(=O)[C@H](O)C4(C)C)[C@]3(CO)C(=O)C[C@]12C. The average molecular weight is 575 g/mol. The van der Waals surface area contributed by atoms with Crippen molar-refractivity contribution in [3.05, 3.63) is 23.8 Å². The highest BCUT2D eigenvalue weighted by molar-refractivity contribution is 5.97. The lowest BCUT2D eigenvalue weighted by molar-refractivity contribution is -0.191. The number of carbonyl (C=O) groups is 4. The summed E-state index contributed by atoms with van der Waals surface area (Å²) in [5.41, 5.74) is -6.35. The highest BCUT2D eigenvalue weighted by atomic mass is 16.6. The van der Waals surface area contributed by atoms with Gasteiger partial charge in [-0.05, 0) is 62.5 Å². The molecule has 4 rings (SSSR count). The molecular formula is C32H46O9. The monoisotopic (exact) mass is 574 g/mol. The van der Waals surface area contributed by atoms with Gasteiger partial charge in [-0.2, -0.15) is 0 Å². The molecule has 4 aliphatic carbocycles. The number of aliphatic hydroxyl groups is 4. The van der Waals surface area contributed by atoms with Crippen molar-refractivity contribution in [3.63, 3.8) is 0 Å². The number of ether oxygens (including phenoxy) is 1. The Bertz CT molecular complexity index is 1230. The minimum Gasteiger partial charge on any atom is -0.456 e. The van der Waals surface area contributed by atoms with E-state index in [1.165, 1.54) is 19.9 Å². The molecule has 9 atom stereocenters. The maximum atomic E-state index is 14.4. The molecule has 0 radical (unpaired) electrons. The molecule has 0 amide bonds. The molecule has 4 N–H and O–H groups in total. The molecule has 0 aromatic heterocycles. The molecule has 0 aromatic carbocycles. The van der Waals surface area contributed by atoms with Crippen molar-refractivity contribution in [2.75, 3.05) is 6.61 Å². The standard InChI is InChI=1S/C32H46O9/c1-17(34)41-27(2,3)12-11-23(37)31(8,40)25-21(36)14-29(6)22-10-9-18-19(13-20(35)26(39)28(18,4)5)32(22,16-33)24(38)15-30(25,29)7/h9,11-12,19,21-22,25-26,33,36,39-40H,10,13-16H2,1-8H3/t19-,21-,22+,25+,26+,29+,30-,31+,32+/m1/s1. The third kappa shape index (κ3) is 4.33. The third-order valence-electron chi connectivity index (χ3n) is 11.6. The van der Waals surface area contributed by atoms with Crippen molar-refractivity contribution < 1.29 is 44.3 Å². The summed E-state index contributed by atoms with van der Waals surface area (Å²) in [6.07, 6.45) is 2.64. The molecule has 0 aliphatic heterocycles. The first-order valence-electron chi connectivity index (χ1n) is 14.5. The second kappa shape index (κ2) is 9.66. The van der Waals surface area contributed by atoms with Gasteiger partial charge in [0.15, 0.2) is 11.6 Å². The van der Waals surface area contributed by atoms with E-state index in [0.717, 1.165) is 11.6 Å². The topological polar surface area (TPSA) is 158 Å². The molecule has 0 spiro atoms. The number of fused-ring (bicyclic) bond motifs is 5. The van der Waals surface area contributed by atoms with E-state index in [-0.39, 0.29) is 30.8 Å². The molecular weight excluding hydrogens is 528 g/mol. The van der Waals surface area contributed by atoms with Crippen LogP contribution >= 0.6 is 0 Å². The summed E-state index contributed by atoms with van der Waals surface area (Å²) in [6, 6.07) is 0. The summed E-state index contributed by atoms with van der Waals surface area (Å²) in [6.45, 7) is 12.7. The van der Waals surface area contributed by atoms with Crippen LogP contribution < -0.4 is 0 Å². The third-order valence-corrected chi connectivity index (χ3v) is 11.6. The summed E-state index contributed by atoms with van der Waals surface area (Å²) in [7, 11) is 0. The Morgan fingerprint density at radius 3 is 2.27 bits per heavy atom. The normalized spacial score (nSPS) is 41.7. The van der Waals surface area contributed by atoms with Gasteiger partial charge in [-0.25, -0.2) is 0 Å². The number of hydrogen-bond acceptors (Lipinski definition) is 9. The summed E-state index contributed by atoms with van der Waals surface area (Å²) < 4.78 is 5.22. The van der Waals surface area contributed by atoms with Crippen LogP contribution in [0, 0.1) is 39.4 Å². The van der Waals surface area contributed by atoms with Gasteiger partial charge >= 0.3 is 5.97 Å². The number of aliphatic hydroxyl groups excluding tert-OH is 3. The maximum absolute atomic E-state index is 14.4. The minimum absolute atomic E-state index is 0.0584. The second-order valence-corrected chi connectivity index (χ2v) is 14.7.